The SMILES string of the molecule is COCc1cc(Cl)ccc1S(=O)(=O)c1cc(C(N)=O)c(NC(=O)C(C)(C)O)s1. The third-order valence-electron chi connectivity index (χ3n) is 3.63. The number of primary amides is 1. The van der Waals surface area contributed by atoms with E-state index < -0.39 is 27.3 Å². The molecule has 0 saturated carbocycles. The molecule has 0 unspecified atom stereocenters. The number of ether oxygens (including phenoxy) is 1. The quantitative estimate of drug-likeness (QED) is 0.596. The number of nitrogens with one attached hydrogen (secondary N) is 1. The van der Waals surface area contributed by atoms with Crippen LogP contribution in [0.2, 0.25) is 5.02 Å². The summed E-state index contributed by atoms with van der Waals surface area (Å²) in [7, 11) is -2.64. The summed E-state index contributed by atoms with van der Waals surface area (Å²) in [6, 6.07) is 5.32. The van der Waals surface area contributed by atoms with Crippen LogP contribution in [0.5, 0.6) is 0 Å². The van der Waals surface area contributed by atoms with Crippen LogP contribution < -0.4 is 11.1 Å². The lowest BCUT2D eigenvalue weighted by molar-refractivity contribution is -0.130. The van der Waals surface area contributed by atoms with E-state index in [4.69, 9.17) is 22.1 Å². The van der Waals surface area contributed by atoms with Crippen molar-refractivity contribution in [3.8, 4) is 0 Å². The average molecular weight is 447 g/mol. The monoisotopic (exact) mass is 446 g/mol. The summed E-state index contributed by atoms with van der Waals surface area (Å²) in [5.41, 5.74) is 3.74. The number of methoxy groups -OCH3 is 1. The zero-order valence-corrected chi connectivity index (χ0v) is 17.7. The molecular weight excluding hydrogens is 428 g/mol. The predicted octanol–water partition coefficient (Wildman–Crippen LogP) is 2.19. The molecule has 2 aromatic rings. The first-order valence-corrected chi connectivity index (χ1v) is 10.6. The number of carbonyl (C=O) groups is 2. The molecule has 8 nitrogen and oxygen atoms in total. The molecule has 0 bridgehead atoms. The van der Waals surface area contributed by atoms with E-state index in [9.17, 15) is 23.1 Å². The van der Waals surface area contributed by atoms with Gasteiger partial charge in [0.25, 0.3) is 11.8 Å². The molecule has 0 fully saturated rings. The van der Waals surface area contributed by atoms with E-state index in [1.54, 1.807) is 0 Å². The van der Waals surface area contributed by atoms with Crippen LogP contribution in [-0.2, 0) is 26.0 Å². The highest BCUT2D eigenvalue weighted by atomic mass is 35.5. The number of hydrogen-bond donors (Lipinski definition) is 3. The Kier molecular flexibility index (Phi) is 6.51. The van der Waals surface area contributed by atoms with Gasteiger partial charge in [0.2, 0.25) is 9.84 Å². The van der Waals surface area contributed by atoms with Gasteiger partial charge in [-0.3, -0.25) is 9.59 Å². The number of carbonyl (C=O) groups excluding carboxylic acids is 2. The maximum atomic E-state index is 13.1. The fourth-order valence-corrected chi connectivity index (χ4v) is 5.36. The Hall–Kier alpha value is -1.98. The molecule has 0 saturated heterocycles. The summed E-state index contributed by atoms with van der Waals surface area (Å²) in [6.45, 7) is 2.51. The molecule has 0 spiro atoms. The van der Waals surface area contributed by atoms with Crippen molar-refractivity contribution in [2.45, 2.75) is 35.2 Å². The smallest absolute Gasteiger partial charge is 0.256 e. The minimum absolute atomic E-state index is 0.00543. The van der Waals surface area contributed by atoms with Crippen molar-refractivity contribution in [1.82, 2.24) is 0 Å². The van der Waals surface area contributed by atoms with Crippen molar-refractivity contribution < 1.29 is 27.9 Å². The van der Waals surface area contributed by atoms with Crippen LogP contribution in [-0.4, -0.2) is 38.0 Å². The molecule has 11 heteroatoms. The third-order valence-corrected chi connectivity index (χ3v) is 7.25. The molecule has 28 heavy (non-hydrogen) atoms. The lowest BCUT2D eigenvalue weighted by Gasteiger charge is -2.16. The average Bonchev–Trinajstić information content (AvgIpc) is 2.99. The van der Waals surface area contributed by atoms with Gasteiger partial charge in [0.1, 0.15) is 14.8 Å². The molecular formula is C17H19ClN2O6S2. The van der Waals surface area contributed by atoms with Gasteiger partial charge < -0.3 is 20.9 Å². The number of hydrogen-bond acceptors (Lipinski definition) is 7. The topological polar surface area (TPSA) is 136 Å². The Labute approximate surface area is 171 Å². The van der Waals surface area contributed by atoms with Crippen molar-refractivity contribution in [1.29, 1.82) is 0 Å². The van der Waals surface area contributed by atoms with Crippen molar-refractivity contribution in [3.05, 3.63) is 40.4 Å². The Morgan fingerprint density at radius 3 is 2.50 bits per heavy atom. The first kappa shape index (κ1) is 22.3. The summed E-state index contributed by atoms with van der Waals surface area (Å²) in [5, 5.41) is 12.4. The van der Waals surface area contributed by atoms with Crippen LogP contribution in [0.15, 0.2) is 33.4 Å². The second-order valence-electron chi connectivity index (χ2n) is 6.37. The van der Waals surface area contributed by atoms with E-state index in [0.29, 0.717) is 21.9 Å². The van der Waals surface area contributed by atoms with Crippen LogP contribution in [0, 0.1) is 0 Å². The van der Waals surface area contributed by atoms with Crippen LogP contribution in [0.1, 0.15) is 29.8 Å². The number of sulfone groups is 1. The zero-order chi connectivity index (χ0) is 21.3. The van der Waals surface area contributed by atoms with Crippen molar-refractivity contribution in [2.24, 2.45) is 5.73 Å². The molecule has 2 amide bonds. The number of rotatable bonds is 7. The largest absolute Gasteiger partial charge is 0.381 e. The van der Waals surface area contributed by atoms with E-state index in [-0.39, 0.29) is 26.3 Å². The van der Waals surface area contributed by atoms with Gasteiger partial charge in [0.15, 0.2) is 0 Å². The second-order valence-corrected chi connectivity index (χ2v) is 10.0. The van der Waals surface area contributed by atoms with Gasteiger partial charge in [-0.15, -0.1) is 11.3 Å². The molecule has 0 atom stereocenters. The Morgan fingerprint density at radius 1 is 1.32 bits per heavy atom. The lowest BCUT2D eigenvalue weighted by Crippen LogP contribution is -2.36. The Balaban J connectivity index is 2.57. The van der Waals surface area contributed by atoms with Crippen LogP contribution in [0.25, 0.3) is 0 Å². The van der Waals surface area contributed by atoms with E-state index in [1.165, 1.54) is 39.2 Å². The molecule has 0 aliphatic carbocycles. The summed E-state index contributed by atoms with van der Waals surface area (Å²) in [6.07, 6.45) is 0. The van der Waals surface area contributed by atoms with Crippen LogP contribution in [0.4, 0.5) is 5.00 Å². The highest BCUT2D eigenvalue weighted by Crippen LogP contribution is 2.36. The zero-order valence-electron chi connectivity index (χ0n) is 15.3. The van der Waals surface area contributed by atoms with E-state index >= 15 is 0 Å². The molecule has 1 heterocycles. The molecule has 0 radical (unpaired) electrons. The number of halogens is 1. The van der Waals surface area contributed by atoms with E-state index in [1.807, 2.05) is 0 Å². The summed E-state index contributed by atoms with van der Waals surface area (Å²) in [5.74, 6) is -1.73. The van der Waals surface area contributed by atoms with Gasteiger partial charge in [-0.05, 0) is 43.7 Å². The van der Waals surface area contributed by atoms with Crippen molar-refractivity contribution in [3.63, 3.8) is 0 Å². The molecule has 0 aliphatic rings. The fraction of sp³-hybridized carbons (Fsp3) is 0.294. The molecule has 0 aliphatic heterocycles. The summed E-state index contributed by atoms with van der Waals surface area (Å²) < 4.78 is 31.0. The highest BCUT2D eigenvalue weighted by molar-refractivity contribution is 7.93. The predicted molar refractivity (Wildman–Crippen MR) is 105 cm³/mol. The van der Waals surface area contributed by atoms with Crippen LogP contribution >= 0.6 is 22.9 Å². The van der Waals surface area contributed by atoms with Gasteiger partial charge >= 0.3 is 0 Å². The summed E-state index contributed by atoms with van der Waals surface area (Å²) >= 11 is 6.60. The van der Waals surface area contributed by atoms with Gasteiger partial charge in [-0.25, -0.2) is 8.42 Å². The van der Waals surface area contributed by atoms with Crippen LogP contribution in [0.3, 0.4) is 0 Å². The van der Waals surface area contributed by atoms with Gasteiger partial charge in [-0.1, -0.05) is 11.6 Å². The number of nitrogens with two attached hydrogens (primary N) is 1. The van der Waals surface area contributed by atoms with E-state index in [0.717, 1.165) is 6.07 Å². The highest BCUT2D eigenvalue weighted by Gasteiger charge is 2.30. The lowest BCUT2D eigenvalue weighted by atomic mass is 10.1. The minimum atomic E-state index is -4.06. The molecule has 1 aromatic heterocycles. The van der Waals surface area contributed by atoms with Crippen molar-refractivity contribution in [2.75, 3.05) is 12.4 Å². The van der Waals surface area contributed by atoms with Crippen molar-refractivity contribution >= 4 is 49.6 Å². The molecule has 152 valence electrons. The maximum absolute atomic E-state index is 13.1. The van der Waals surface area contributed by atoms with Gasteiger partial charge in [0.05, 0.1) is 17.1 Å². The Bertz CT molecular complexity index is 1020. The van der Waals surface area contributed by atoms with E-state index in [2.05, 4.69) is 5.32 Å². The molecule has 4 N–H and O–H groups in total. The molecule has 1 aromatic carbocycles. The number of thiophene rings is 1. The summed E-state index contributed by atoms with van der Waals surface area (Å²) in [4.78, 5) is 23.7. The first-order chi connectivity index (χ1) is 12.9. The second kappa shape index (κ2) is 8.18. The minimum Gasteiger partial charge on any atom is -0.381 e. The van der Waals surface area contributed by atoms with Gasteiger partial charge in [0, 0.05) is 12.1 Å². The number of benzene rings is 1. The standard InChI is InChI=1S/C17H19ClN2O6S2/c1-17(2,23)16(22)20-15-11(14(19)21)7-13(27-15)28(24,25)12-5-4-10(18)6-9(12)8-26-3/h4-7,23H,8H2,1-3H3,(H2,19,21)(H,20,22). The normalized spacial score (nSPS) is 12.0. The van der Waals surface area contributed by atoms with Gasteiger partial charge in [-0.2, -0.15) is 0 Å². The molecule has 2 rings (SSSR count). The third kappa shape index (κ3) is 4.70. The number of amides is 2. The Morgan fingerprint density at radius 2 is 1.96 bits per heavy atom. The first-order valence-electron chi connectivity index (χ1n) is 7.88. The number of anilines is 1. The number of aliphatic hydroxyl groups is 1. The maximum Gasteiger partial charge on any atom is 0.256 e. The fourth-order valence-electron chi connectivity index (χ4n) is 2.22.